The first-order valence-electron chi connectivity index (χ1n) is 6.35. The predicted molar refractivity (Wildman–Crippen MR) is 82.9 cm³/mol. The first-order chi connectivity index (χ1) is 9.17. The van der Waals surface area contributed by atoms with Crippen molar-refractivity contribution in [2.24, 2.45) is 0 Å². The second-order valence-corrected chi connectivity index (χ2v) is 5.00. The van der Waals surface area contributed by atoms with E-state index >= 15 is 0 Å². The van der Waals surface area contributed by atoms with E-state index in [0.29, 0.717) is 5.33 Å². The van der Waals surface area contributed by atoms with Crippen LogP contribution >= 0.6 is 15.9 Å². The molecule has 0 saturated heterocycles. The van der Waals surface area contributed by atoms with Gasteiger partial charge in [-0.25, -0.2) is 4.39 Å². The molecule has 0 fully saturated rings. The molecule has 2 aromatic rings. The van der Waals surface area contributed by atoms with Gasteiger partial charge in [0.2, 0.25) is 0 Å². The van der Waals surface area contributed by atoms with E-state index in [4.69, 9.17) is 0 Å². The van der Waals surface area contributed by atoms with Crippen molar-refractivity contribution >= 4 is 27.3 Å². The molecule has 2 aromatic carbocycles. The second-order valence-electron chi connectivity index (χ2n) is 4.44. The van der Waals surface area contributed by atoms with Gasteiger partial charge < -0.3 is 4.90 Å². The molecule has 0 bridgehead atoms. The normalized spacial score (nSPS) is 10.5. The monoisotopic (exact) mass is 321 g/mol. The molecule has 0 unspecified atom stereocenters. The average molecular weight is 322 g/mol. The number of alkyl halides is 1. The Kier molecular flexibility index (Phi) is 4.59. The summed E-state index contributed by atoms with van der Waals surface area (Å²) in [6.07, 6.45) is 0. The smallest absolute Gasteiger partial charge is 0.123 e. The third-order valence-corrected chi connectivity index (χ3v) is 3.80. The average Bonchev–Trinajstić information content (AvgIpc) is 2.43. The molecule has 2 rings (SSSR count). The second kappa shape index (κ2) is 6.20. The molecule has 0 N–H and O–H groups in total. The van der Waals surface area contributed by atoms with Crippen molar-refractivity contribution < 1.29 is 4.39 Å². The van der Waals surface area contributed by atoms with E-state index in [9.17, 15) is 4.39 Å². The van der Waals surface area contributed by atoms with E-state index in [-0.39, 0.29) is 5.82 Å². The Bertz CT molecular complexity index is 568. The Morgan fingerprint density at radius 2 is 1.84 bits per heavy atom. The van der Waals surface area contributed by atoms with Crippen LogP contribution in [0.25, 0.3) is 0 Å². The largest absolute Gasteiger partial charge is 0.341 e. The van der Waals surface area contributed by atoms with Gasteiger partial charge in [0.15, 0.2) is 0 Å². The topological polar surface area (TPSA) is 3.24 Å². The fourth-order valence-electron chi connectivity index (χ4n) is 2.26. The molecule has 0 amide bonds. The third-order valence-electron chi connectivity index (χ3n) is 3.20. The van der Waals surface area contributed by atoms with Crippen LogP contribution in [0.15, 0.2) is 42.5 Å². The minimum atomic E-state index is -0.195. The number of aryl methyl sites for hydroxylation is 1. The Morgan fingerprint density at radius 1 is 1.11 bits per heavy atom. The van der Waals surface area contributed by atoms with E-state index in [2.05, 4.69) is 46.8 Å². The van der Waals surface area contributed by atoms with Crippen LogP contribution in [0, 0.1) is 12.7 Å². The van der Waals surface area contributed by atoms with Gasteiger partial charge in [-0.1, -0.05) is 34.1 Å². The Hall–Kier alpha value is -1.35. The predicted octanol–water partition coefficient (Wildman–Crippen LogP) is 5.19. The summed E-state index contributed by atoms with van der Waals surface area (Å²) in [5.41, 5.74) is 4.40. The van der Waals surface area contributed by atoms with Gasteiger partial charge in [-0.15, -0.1) is 0 Å². The van der Waals surface area contributed by atoms with Gasteiger partial charge in [0, 0.05) is 23.2 Å². The van der Waals surface area contributed by atoms with Gasteiger partial charge in [0.25, 0.3) is 0 Å². The van der Waals surface area contributed by atoms with Crippen molar-refractivity contribution in [2.45, 2.75) is 19.2 Å². The Balaban J connectivity index is 2.51. The highest BCUT2D eigenvalue weighted by Crippen LogP contribution is 2.32. The molecule has 19 heavy (non-hydrogen) atoms. The van der Waals surface area contributed by atoms with Crippen molar-refractivity contribution in [1.29, 1.82) is 0 Å². The maximum absolute atomic E-state index is 13.3. The summed E-state index contributed by atoms with van der Waals surface area (Å²) in [7, 11) is 0. The third kappa shape index (κ3) is 2.98. The lowest BCUT2D eigenvalue weighted by atomic mass is 10.1. The molecule has 0 saturated carbocycles. The molecule has 3 heteroatoms. The van der Waals surface area contributed by atoms with Crippen LogP contribution < -0.4 is 4.90 Å². The van der Waals surface area contributed by atoms with Gasteiger partial charge in [-0.3, -0.25) is 0 Å². The highest BCUT2D eigenvalue weighted by molar-refractivity contribution is 9.08. The maximum Gasteiger partial charge on any atom is 0.123 e. The summed E-state index contributed by atoms with van der Waals surface area (Å²) >= 11 is 3.44. The van der Waals surface area contributed by atoms with E-state index in [1.54, 1.807) is 6.07 Å². The Morgan fingerprint density at radius 3 is 2.47 bits per heavy atom. The number of rotatable bonds is 4. The van der Waals surface area contributed by atoms with Crippen molar-refractivity contribution in [3.63, 3.8) is 0 Å². The lowest BCUT2D eigenvalue weighted by Gasteiger charge is -2.27. The van der Waals surface area contributed by atoms with E-state index in [1.807, 2.05) is 18.2 Å². The van der Waals surface area contributed by atoms with Gasteiger partial charge in [0.1, 0.15) is 5.82 Å². The summed E-state index contributed by atoms with van der Waals surface area (Å²) < 4.78 is 13.3. The summed E-state index contributed by atoms with van der Waals surface area (Å²) in [4.78, 5) is 2.21. The van der Waals surface area contributed by atoms with Crippen LogP contribution in [0.2, 0.25) is 0 Å². The number of hydrogen-bond donors (Lipinski definition) is 0. The molecule has 0 aliphatic rings. The van der Waals surface area contributed by atoms with Crippen LogP contribution in [-0.2, 0) is 5.33 Å². The first-order valence-corrected chi connectivity index (χ1v) is 7.47. The number of nitrogens with zero attached hydrogens (tertiary/aromatic N) is 1. The number of para-hydroxylation sites is 1. The molecule has 0 aliphatic heterocycles. The number of hydrogen-bond acceptors (Lipinski definition) is 1. The minimum Gasteiger partial charge on any atom is -0.341 e. The zero-order chi connectivity index (χ0) is 13.8. The quantitative estimate of drug-likeness (QED) is 0.701. The van der Waals surface area contributed by atoms with Crippen molar-refractivity contribution in [1.82, 2.24) is 0 Å². The fourth-order valence-corrected chi connectivity index (χ4v) is 2.71. The van der Waals surface area contributed by atoms with Crippen molar-refractivity contribution in [3.05, 3.63) is 59.4 Å². The van der Waals surface area contributed by atoms with E-state index < -0.39 is 0 Å². The molecule has 0 spiro atoms. The summed E-state index contributed by atoms with van der Waals surface area (Å²) in [6, 6.07) is 13.2. The van der Waals surface area contributed by atoms with Gasteiger partial charge >= 0.3 is 0 Å². The number of anilines is 2. The fraction of sp³-hybridized carbons (Fsp3) is 0.250. The highest BCUT2D eigenvalue weighted by atomic mass is 79.9. The molecular weight excluding hydrogens is 305 g/mol. The number of halogens is 2. The van der Waals surface area contributed by atoms with Gasteiger partial charge in [-0.2, -0.15) is 0 Å². The first kappa shape index (κ1) is 14.1. The van der Waals surface area contributed by atoms with Crippen molar-refractivity contribution in [3.8, 4) is 0 Å². The summed E-state index contributed by atoms with van der Waals surface area (Å²) in [5.74, 6) is -0.195. The molecule has 0 radical (unpaired) electrons. The van der Waals surface area contributed by atoms with Crippen LogP contribution in [0.1, 0.15) is 18.1 Å². The van der Waals surface area contributed by atoms with Gasteiger partial charge in [0.05, 0.1) is 0 Å². The molecule has 100 valence electrons. The molecule has 0 heterocycles. The van der Waals surface area contributed by atoms with Crippen molar-refractivity contribution in [2.75, 3.05) is 11.4 Å². The zero-order valence-electron chi connectivity index (χ0n) is 11.2. The lowest BCUT2D eigenvalue weighted by molar-refractivity contribution is 0.626. The van der Waals surface area contributed by atoms with Gasteiger partial charge in [-0.05, 0) is 49.2 Å². The van der Waals surface area contributed by atoms with Crippen LogP contribution in [0.3, 0.4) is 0 Å². The molecule has 1 nitrogen and oxygen atoms in total. The highest BCUT2D eigenvalue weighted by Gasteiger charge is 2.13. The SMILES string of the molecule is CCN(c1ccccc1C)c1ccc(F)cc1CBr. The standard InChI is InChI=1S/C16H17BrFN/c1-3-19(15-7-5-4-6-12(15)2)16-9-8-14(18)10-13(16)11-17/h4-10H,3,11H2,1-2H3. The lowest BCUT2D eigenvalue weighted by Crippen LogP contribution is -2.18. The Labute approximate surface area is 122 Å². The summed E-state index contributed by atoms with van der Waals surface area (Å²) in [6.45, 7) is 5.04. The molecular formula is C16H17BrFN. The minimum absolute atomic E-state index is 0.195. The van der Waals surface area contributed by atoms with E-state index in [1.165, 1.54) is 17.3 Å². The zero-order valence-corrected chi connectivity index (χ0v) is 12.7. The van der Waals surface area contributed by atoms with Crippen LogP contribution in [-0.4, -0.2) is 6.54 Å². The van der Waals surface area contributed by atoms with Crippen LogP contribution in [0.5, 0.6) is 0 Å². The maximum atomic E-state index is 13.3. The molecule has 0 atom stereocenters. The number of benzene rings is 2. The molecule has 0 aliphatic carbocycles. The van der Waals surface area contributed by atoms with Crippen LogP contribution in [0.4, 0.5) is 15.8 Å². The summed E-state index contributed by atoms with van der Waals surface area (Å²) in [5, 5.41) is 0.641. The molecule has 0 aromatic heterocycles. The van der Waals surface area contributed by atoms with E-state index in [0.717, 1.165) is 17.8 Å².